The maximum absolute atomic E-state index is 12.0. The lowest BCUT2D eigenvalue weighted by atomic mass is 9.97. The van der Waals surface area contributed by atoms with Crippen molar-refractivity contribution in [2.75, 3.05) is 19.0 Å². The molecule has 0 aliphatic heterocycles. The summed E-state index contributed by atoms with van der Waals surface area (Å²) in [7, 11) is 1.64. The summed E-state index contributed by atoms with van der Waals surface area (Å²) in [5.41, 5.74) is 8.36. The zero-order valence-corrected chi connectivity index (χ0v) is 17.6. The van der Waals surface area contributed by atoms with Crippen molar-refractivity contribution in [3.05, 3.63) is 24.0 Å². The van der Waals surface area contributed by atoms with Crippen LogP contribution in [0.1, 0.15) is 45.4 Å². The lowest BCUT2D eigenvalue weighted by Crippen LogP contribution is -2.35. The molecule has 3 N–H and O–H groups in total. The fourth-order valence-corrected chi connectivity index (χ4v) is 3.35. The molecule has 0 fully saturated rings. The van der Waals surface area contributed by atoms with Crippen LogP contribution in [0.3, 0.4) is 0 Å². The van der Waals surface area contributed by atoms with Crippen LogP contribution < -0.4 is 15.8 Å². The van der Waals surface area contributed by atoms with E-state index in [1.54, 1.807) is 7.11 Å². The number of ketones is 1. The number of nitrogens with two attached hydrogens (primary N) is 1. The van der Waals surface area contributed by atoms with Crippen molar-refractivity contribution in [1.82, 2.24) is 19.6 Å². The summed E-state index contributed by atoms with van der Waals surface area (Å²) >= 11 is 0. The van der Waals surface area contributed by atoms with Gasteiger partial charge in [-0.15, -0.1) is 10.2 Å². The van der Waals surface area contributed by atoms with Gasteiger partial charge in [0.1, 0.15) is 17.4 Å². The van der Waals surface area contributed by atoms with Crippen molar-refractivity contribution in [3.8, 4) is 5.75 Å². The summed E-state index contributed by atoms with van der Waals surface area (Å²) in [4.78, 5) is 16.7. The molecule has 0 saturated carbocycles. The first-order chi connectivity index (χ1) is 13.9. The van der Waals surface area contributed by atoms with Crippen molar-refractivity contribution in [2.45, 2.75) is 52.5 Å². The van der Waals surface area contributed by atoms with E-state index in [0.717, 1.165) is 48.4 Å². The minimum atomic E-state index is -0.351. The summed E-state index contributed by atoms with van der Waals surface area (Å²) in [6.07, 6.45) is 3.28. The molecule has 2 aromatic heterocycles. The largest absolute Gasteiger partial charge is 0.497 e. The number of hydrogen-bond acceptors (Lipinski definition) is 7. The minimum Gasteiger partial charge on any atom is -0.497 e. The van der Waals surface area contributed by atoms with Gasteiger partial charge in [-0.25, -0.2) is 4.98 Å². The average Bonchev–Trinajstić information content (AvgIpc) is 3.11. The van der Waals surface area contributed by atoms with E-state index < -0.39 is 0 Å². The molecule has 3 aromatic rings. The van der Waals surface area contributed by atoms with Gasteiger partial charge in [0.2, 0.25) is 5.65 Å². The third kappa shape index (κ3) is 4.64. The molecule has 1 aromatic carbocycles. The van der Waals surface area contributed by atoms with Crippen LogP contribution in [0.15, 0.2) is 18.2 Å². The normalized spacial score (nSPS) is 12.6. The Morgan fingerprint density at radius 2 is 2.03 bits per heavy atom. The molecule has 0 aliphatic carbocycles. The van der Waals surface area contributed by atoms with Crippen LogP contribution in [0.25, 0.3) is 16.7 Å². The van der Waals surface area contributed by atoms with Gasteiger partial charge in [0.05, 0.1) is 24.2 Å². The number of unbranched alkanes of at least 4 members (excludes halogenated alkanes) is 2. The second kappa shape index (κ2) is 9.17. The third-order valence-electron chi connectivity index (χ3n) is 5.17. The van der Waals surface area contributed by atoms with Gasteiger partial charge >= 0.3 is 0 Å². The summed E-state index contributed by atoms with van der Waals surface area (Å²) in [5.74, 6) is 2.60. The van der Waals surface area contributed by atoms with E-state index in [0.29, 0.717) is 17.9 Å². The molecule has 0 aliphatic rings. The highest BCUT2D eigenvalue weighted by Gasteiger charge is 2.16. The van der Waals surface area contributed by atoms with E-state index in [4.69, 9.17) is 15.5 Å². The highest BCUT2D eigenvalue weighted by Crippen LogP contribution is 2.25. The number of Topliss-reactive ketones (excluding diaryl/α,β-unsaturated/α-hetero) is 1. The molecule has 8 heteroatoms. The molecule has 2 heterocycles. The van der Waals surface area contributed by atoms with Crippen molar-refractivity contribution in [3.63, 3.8) is 0 Å². The van der Waals surface area contributed by atoms with Crippen LogP contribution in [-0.2, 0) is 4.79 Å². The van der Waals surface area contributed by atoms with Crippen LogP contribution in [-0.4, -0.2) is 45.1 Å². The first-order valence-corrected chi connectivity index (χ1v) is 10.1. The molecule has 1 atom stereocenters. The number of rotatable bonds is 10. The van der Waals surface area contributed by atoms with Gasteiger partial charge in [0.15, 0.2) is 5.82 Å². The van der Waals surface area contributed by atoms with E-state index in [1.165, 1.54) is 0 Å². The second-order valence-electron chi connectivity index (χ2n) is 7.69. The van der Waals surface area contributed by atoms with E-state index in [-0.39, 0.29) is 17.7 Å². The van der Waals surface area contributed by atoms with Crippen molar-refractivity contribution >= 4 is 28.3 Å². The van der Waals surface area contributed by atoms with Crippen LogP contribution in [0.2, 0.25) is 0 Å². The lowest BCUT2D eigenvalue weighted by molar-refractivity contribution is -0.121. The number of aryl methyl sites for hydroxylation is 1. The first-order valence-electron chi connectivity index (χ1n) is 10.1. The van der Waals surface area contributed by atoms with Crippen molar-refractivity contribution in [2.24, 2.45) is 11.7 Å². The molecule has 156 valence electrons. The van der Waals surface area contributed by atoms with Crippen molar-refractivity contribution in [1.29, 1.82) is 0 Å². The van der Waals surface area contributed by atoms with E-state index in [2.05, 4.69) is 15.5 Å². The predicted octanol–water partition coefficient (Wildman–Crippen LogP) is 3.12. The molecule has 0 amide bonds. The second-order valence-corrected chi connectivity index (χ2v) is 7.69. The topological polar surface area (TPSA) is 107 Å². The molecular formula is C21H30N6O2. The Labute approximate surface area is 170 Å². The number of benzene rings is 1. The maximum atomic E-state index is 12.0. The highest BCUT2D eigenvalue weighted by atomic mass is 16.5. The number of nitrogens with zero attached hydrogens (tertiary/aromatic N) is 4. The molecule has 29 heavy (non-hydrogen) atoms. The molecule has 0 radical (unpaired) electrons. The minimum absolute atomic E-state index is 0.152. The van der Waals surface area contributed by atoms with Gasteiger partial charge < -0.3 is 15.8 Å². The number of ether oxygens (including phenoxy) is 1. The molecule has 0 saturated heterocycles. The summed E-state index contributed by atoms with van der Waals surface area (Å²) in [6, 6.07) is 5.43. The number of methoxy groups -OCH3 is 1. The molecular weight excluding hydrogens is 368 g/mol. The first kappa shape index (κ1) is 21.0. The number of carbonyl (C=O) groups excluding carboxylic acids is 1. The Morgan fingerprint density at radius 3 is 2.76 bits per heavy atom. The fraction of sp³-hybridized carbons (Fsp3) is 0.524. The van der Waals surface area contributed by atoms with Gasteiger partial charge in [0, 0.05) is 19.0 Å². The monoisotopic (exact) mass is 398 g/mol. The van der Waals surface area contributed by atoms with Gasteiger partial charge in [-0.1, -0.05) is 20.3 Å². The van der Waals surface area contributed by atoms with E-state index in [1.807, 2.05) is 43.4 Å². The Morgan fingerprint density at radius 1 is 1.24 bits per heavy atom. The van der Waals surface area contributed by atoms with Crippen LogP contribution >= 0.6 is 0 Å². The zero-order valence-electron chi connectivity index (χ0n) is 17.6. The third-order valence-corrected chi connectivity index (χ3v) is 5.17. The van der Waals surface area contributed by atoms with E-state index in [9.17, 15) is 4.79 Å². The molecule has 3 rings (SSSR count). The molecule has 1 unspecified atom stereocenters. The Bertz CT molecular complexity index is 998. The Balaban J connectivity index is 1.63. The number of carbonyl (C=O) groups is 1. The van der Waals surface area contributed by atoms with Crippen LogP contribution in [0, 0.1) is 12.8 Å². The standard InChI is InChI=1S/C21H30N6O2/c1-13(2)19(22)18(28)8-6-5-7-11-23-20-21-26-25-14(3)27(21)17-10-9-15(29-4)12-16(17)24-20/h9-10,12-13,19H,5-8,11,22H2,1-4H3,(H,23,24). The lowest BCUT2D eigenvalue weighted by Gasteiger charge is -2.14. The van der Waals surface area contributed by atoms with Gasteiger partial charge in [-0.05, 0) is 37.8 Å². The fourth-order valence-electron chi connectivity index (χ4n) is 3.35. The van der Waals surface area contributed by atoms with Crippen LogP contribution in [0.5, 0.6) is 5.75 Å². The zero-order chi connectivity index (χ0) is 21.0. The van der Waals surface area contributed by atoms with E-state index >= 15 is 0 Å². The van der Waals surface area contributed by atoms with Gasteiger partial charge in [-0.3, -0.25) is 9.20 Å². The number of fused-ring (bicyclic) bond motifs is 3. The van der Waals surface area contributed by atoms with Crippen molar-refractivity contribution < 1.29 is 9.53 Å². The quantitative estimate of drug-likeness (QED) is 0.505. The maximum Gasteiger partial charge on any atom is 0.204 e. The number of hydrogen-bond donors (Lipinski definition) is 2. The molecule has 8 nitrogen and oxygen atoms in total. The van der Waals surface area contributed by atoms with Gasteiger partial charge in [0.25, 0.3) is 0 Å². The highest BCUT2D eigenvalue weighted by molar-refractivity contribution is 5.84. The Kier molecular flexibility index (Phi) is 6.64. The number of nitrogens with one attached hydrogen (secondary N) is 1. The Hall–Kier alpha value is -2.74. The average molecular weight is 399 g/mol. The van der Waals surface area contributed by atoms with Crippen LogP contribution in [0.4, 0.5) is 5.82 Å². The summed E-state index contributed by atoms with van der Waals surface area (Å²) in [5, 5.41) is 11.9. The predicted molar refractivity (Wildman–Crippen MR) is 114 cm³/mol. The van der Waals surface area contributed by atoms with Gasteiger partial charge in [-0.2, -0.15) is 0 Å². The molecule has 0 bridgehead atoms. The summed E-state index contributed by atoms with van der Waals surface area (Å²) < 4.78 is 7.32. The smallest absolute Gasteiger partial charge is 0.204 e. The number of aromatic nitrogens is 4. The SMILES string of the molecule is COc1ccc2c(c1)nc(NCCCCCC(=O)C(N)C(C)C)c1nnc(C)n12. The summed E-state index contributed by atoms with van der Waals surface area (Å²) in [6.45, 7) is 6.62. The molecule has 0 spiro atoms. The number of anilines is 1.